The number of morpholine rings is 1. The number of rotatable bonds is 5. The lowest BCUT2D eigenvalue weighted by molar-refractivity contribution is -0.125. The van der Waals surface area contributed by atoms with Crippen LogP contribution in [0.1, 0.15) is 30.7 Å². The number of ether oxygens (including phenoxy) is 1. The third kappa shape index (κ3) is 3.91. The number of aryl methyl sites for hydroxylation is 1. The summed E-state index contributed by atoms with van der Waals surface area (Å²) >= 11 is 6.07. The van der Waals surface area contributed by atoms with Crippen LogP contribution in [-0.2, 0) is 19.7 Å². The van der Waals surface area contributed by atoms with Crippen molar-refractivity contribution in [1.29, 1.82) is 0 Å². The number of hydrogen-bond acceptors (Lipinski definition) is 4. The minimum absolute atomic E-state index is 0.0473. The van der Waals surface area contributed by atoms with Gasteiger partial charge in [-0.2, -0.15) is 0 Å². The molecule has 0 unspecified atom stereocenters. The average molecular weight is 439 g/mol. The van der Waals surface area contributed by atoms with Crippen molar-refractivity contribution in [3.63, 3.8) is 0 Å². The number of carbonyl (C=O) groups excluding carboxylic acids is 2. The fraction of sp³-hybridized carbons (Fsp3) is 0.348. The van der Waals surface area contributed by atoms with E-state index in [1.54, 1.807) is 4.90 Å². The smallest absolute Gasteiger partial charge is 0.253 e. The van der Waals surface area contributed by atoms with E-state index >= 15 is 0 Å². The molecule has 0 spiro atoms. The van der Waals surface area contributed by atoms with Gasteiger partial charge in [-0.3, -0.25) is 9.59 Å². The van der Waals surface area contributed by atoms with Gasteiger partial charge in [0.2, 0.25) is 5.91 Å². The molecule has 1 aliphatic carbocycles. The van der Waals surface area contributed by atoms with Crippen molar-refractivity contribution in [1.82, 2.24) is 9.97 Å². The number of benzene rings is 2. The molecule has 1 aromatic heterocycles. The summed E-state index contributed by atoms with van der Waals surface area (Å²) in [5.41, 5.74) is 4.01. The monoisotopic (exact) mass is 438 g/mol. The number of aromatic nitrogens is 2. The molecule has 8 heteroatoms. The van der Waals surface area contributed by atoms with E-state index in [0.717, 1.165) is 46.6 Å². The van der Waals surface area contributed by atoms with Gasteiger partial charge in [-0.1, -0.05) is 11.6 Å². The maximum absolute atomic E-state index is 12.8. The van der Waals surface area contributed by atoms with Crippen LogP contribution < -0.4 is 10.2 Å². The molecule has 0 radical (unpaired) electrons. The molecule has 2 aromatic carbocycles. The van der Waals surface area contributed by atoms with E-state index in [2.05, 4.69) is 10.3 Å². The van der Waals surface area contributed by atoms with Crippen molar-refractivity contribution in [3.8, 4) is 0 Å². The molecule has 1 saturated carbocycles. The van der Waals surface area contributed by atoms with Crippen LogP contribution in [0.5, 0.6) is 0 Å². The predicted octanol–water partition coefficient (Wildman–Crippen LogP) is 3.95. The standard InChI is InChI=1S/C23H23ClN4O3/c1-14-10-16(3-5-19(14)28-8-9-31-13-21(28)30)25-20(29)12-23(6-7-23)22-26-17-4-2-15(24)11-18(17)27-22/h2-5,10-11H,6-9,12-13H2,1H3,(H,25,29)(H,26,27). The summed E-state index contributed by atoms with van der Waals surface area (Å²) in [6.07, 6.45) is 2.21. The molecule has 2 aliphatic rings. The van der Waals surface area contributed by atoms with Gasteiger partial charge in [-0.05, 0) is 61.7 Å². The van der Waals surface area contributed by atoms with E-state index in [1.165, 1.54) is 0 Å². The van der Waals surface area contributed by atoms with Crippen molar-refractivity contribution in [2.75, 3.05) is 30.0 Å². The van der Waals surface area contributed by atoms with Gasteiger partial charge in [0.05, 0.1) is 17.6 Å². The zero-order chi connectivity index (χ0) is 21.6. The topological polar surface area (TPSA) is 87.3 Å². The van der Waals surface area contributed by atoms with Crippen LogP contribution in [0.2, 0.25) is 5.02 Å². The molecule has 7 nitrogen and oxygen atoms in total. The number of imidazole rings is 1. The molecule has 2 fully saturated rings. The SMILES string of the molecule is Cc1cc(NC(=O)CC2(c3nc4ccc(Cl)cc4[nH]3)CC2)ccc1N1CCOCC1=O. The number of amides is 2. The van der Waals surface area contributed by atoms with E-state index in [9.17, 15) is 9.59 Å². The van der Waals surface area contributed by atoms with Crippen LogP contribution in [0.25, 0.3) is 11.0 Å². The molecule has 160 valence electrons. The van der Waals surface area contributed by atoms with E-state index in [0.29, 0.717) is 24.6 Å². The third-order valence-electron chi connectivity index (χ3n) is 6.06. The fourth-order valence-electron chi connectivity index (χ4n) is 4.20. The third-order valence-corrected chi connectivity index (χ3v) is 6.29. The Bertz CT molecular complexity index is 1180. The Kier molecular flexibility index (Phi) is 4.95. The highest BCUT2D eigenvalue weighted by atomic mass is 35.5. The maximum atomic E-state index is 12.8. The molecule has 2 amide bonds. The van der Waals surface area contributed by atoms with Crippen LogP contribution in [0.15, 0.2) is 36.4 Å². The Morgan fingerprint density at radius 3 is 2.87 bits per heavy atom. The van der Waals surface area contributed by atoms with Gasteiger partial charge in [0.1, 0.15) is 12.4 Å². The predicted molar refractivity (Wildman–Crippen MR) is 120 cm³/mol. The first-order chi connectivity index (χ1) is 14.9. The summed E-state index contributed by atoms with van der Waals surface area (Å²) < 4.78 is 5.20. The first-order valence-electron chi connectivity index (χ1n) is 10.4. The Morgan fingerprint density at radius 1 is 1.29 bits per heavy atom. The number of halogens is 1. The average Bonchev–Trinajstić information content (AvgIpc) is 3.38. The number of nitrogens with one attached hydrogen (secondary N) is 2. The molecule has 3 aromatic rings. The summed E-state index contributed by atoms with van der Waals surface area (Å²) in [5.74, 6) is 0.747. The normalized spacial score (nSPS) is 17.7. The fourth-order valence-corrected chi connectivity index (χ4v) is 4.37. The minimum atomic E-state index is -0.245. The van der Waals surface area contributed by atoms with Crippen LogP contribution in [-0.4, -0.2) is 41.5 Å². The summed E-state index contributed by atoms with van der Waals surface area (Å²) in [5, 5.41) is 3.66. The van der Waals surface area contributed by atoms with Crippen molar-refractivity contribution < 1.29 is 14.3 Å². The van der Waals surface area contributed by atoms with Crippen LogP contribution in [0.3, 0.4) is 0 Å². The largest absolute Gasteiger partial charge is 0.370 e. The highest BCUT2D eigenvalue weighted by molar-refractivity contribution is 6.31. The first kappa shape index (κ1) is 20.0. The van der Waals surface area contributed by atoms with Crippen molar-refractivity contribution in [2.45, 2.75) is 31.6 Å². The summed E-state index contributed by atoms with van der Waals surface area (Å²) in [4.78, 5) is 34.7. The van der Waals surface area contributed by atoms with E-state index < -0.39 is 0 Å². The lowest BCUT2D eigenvalue weighted by atomic mass is 10.0. The van der Waals surface area contributed by atoms with E-state index in [-0.39, 0.29) is 23.8 Å². The Hall–Kier alpha value is -2.90. The Morgan fingerprint density at radius 2 is 2.13 bits per heavy atom. The summed E-state index contributed by atoms with van der Waals surface area (Å²) in [7, 11) is 0. The second kappa shape index (κ2) is 7.66. The molecule has 1 aliphatic heterocycles. The molecule has 5 rings (SSSR count). The Labute approximate surface area is 184 Å². The highest BCUT2D eigenvalue weighted by Crippen LogP contribution is 2.50. The van der Waals surface area contributed by atoms with Crippen molar-refractivity contribution in [2.24, 2.45) is 0 Å². The second-order valence-electron chi connectivity index (χ2n) is 8.35. The van der Waals surface area contributed by atoms with Gasteiger partial charge >= 0.3 is 0 Å². The zero-order valence-corrected chi connectivity index (χ0v) is 18.0. The number of anilines is 2. The number of fused-ring (bicyclic) bond motifs is 1. The van der Waals surface area contributed by atoms with Crippen molar-refractivity contribution >= 4 is 45.8 Å². The first-order valence-corrected chi connectivity index (χ1v) is 10.8. The van der Waals surface area contributed by atoms with Crippen LogP contribution in [0, 0.1) is 6.92 Å². The second-order valence-corrected chi connectivity index (χ2v) is 8.79. The van der Waals surface area contributed by atoms with Gasteiger partial charge in [0, 0.05) is 34.8 Å². The molecule has 2 heterocycles. The van der Waals surface area contributed by atoms with Crippen LogP contribution in [0.4, 0.5) is 11.4 Å². The van der Waals surface area contributed by atoms with Gasteiger partial charge in [-0.25, -0.2) is 4.98 Å². The number of hydrogen-bond donors (Lipinski definition) is 2. The molecular weight excluding hydrogens is 416 g/mol. The Balaban J connectivity index is 1.29. The van der Waals surface area contributed by atoms with Gasteiger partial charge in [0.25, 0.3) is 5.91 Å². The molecule has 0 bridgehead atoms. The van der Waals surface area contributed by atoms with E-state index in [1.807, 2.05) is 43.3 Å². The number of nitrogens with zero attached hydrogens (tertiary/aromatic N) is 2. The summed E-state index contributed by atoms with van der Waals surface area (Å²) in [6.45, 7) is 3.11. The maximum Gasteiger partial charge on any atom is 0.253 e. The lowest BCUT2D eigenvalue weighted by Gasteiger charge is -2.28. The van der Waals surface area contributed by atoms with Gasteiger partial charge in [-0.15, -0.1) is 0 Å². The minimum Gasteiger partial charge on any atom is -0.370 e. The molecule has 1 saturated heterocycles. The van der Waals surface area contributed by atoms with E-state index in [4.69, 9.17) is 21.3 Å². The number of aromatic amines is 1. The molecule has 0 atom stereocenters. The zero-order valence-electron chi connectivity index (χ0n) is 17.2. The number of carbonyl (C=O) groups is 2. The molecule has 31 heavy (non-hydrogen) atoms. The van der Waals surface area contributed by atoms with Gasteiger partial charge in [0.15, 0.2) is 0 Å². The summed E-state index contributed by atoms with van der Waals surface area (Å²) in [6, 6.07) is 11.2. The highest BCUT2D eigenvalue weighted by Gasteiger charge is 2.48. The van der Waals surface area contributed by atoms with Gasteiger partial charge < -0.3 is 19.9 Å². The quantitative estimate of drug-likeness (QED) is 0.631. The lowest BCUT2D eigenvalue weighted by Crippen LogP contribution is -2.42. The molecular formula is C23H23ClN4O3. The molecule has 2 N–H and O–H groups in total. The number of H-pyrrole nitrogens is 1. The van der Waals surface area contributed by atoms with Crippen LogP contribution >= 0.6 is 11.6 Å². The van der Waals surface area contributed by atoms with Crippen molar-refractivity contribution in [3.05, 3.63) is 52.8 Å².